The van der Waals surface area contributed by atoms with Gasteiger partial charge in [0, 0.05) is 0 Å². The average Bonchev–Trinajstić information content (AvgIpc) is 2.42. The highest BCUT2D eigenvalue weighted by Gasteiger charge is 2.13. The number of rotatable bonds is 0. The summed E-state index contributed by atoms with van der Waals surface area (Å²) in [6.45, 7) is 3.32. The van der Waals surface area contributed by atoms with Crippen LogP contribution in [0.5, 0.6) is 5.88 Å². The maximum Gasteiger partial charge on any atom is 0.257 e. The van der Waals surface area contributed by atoms with Crippen LogP contribution in [0.1, 0.15) is 11.3 Å². The minimum Gasteiger partial charge on any atom is -0.493 e. The fourth-order valence-corrected chi connectivity index (χ4v) is 1.58. The topological polar surface area (TPSA) is 70.4 Å². The maximum absolute atomic E-state index is 11.3. The monoisotopic (exact) mass is 257 g/mol. The van der Waals surface area contributed by atoms with Gasteiger partial charge in [-0.25, -0.2) is 0 Å². The number of hydrogen-bond acceptors (Lipinski definition) is 3. The lowest BCUT2D eigenvalue weighted by atomic mass is 10.3. The first-order valence-corrected chi connectivity index (χ1v) is 4.78. The Hall–Kier alpha value is -1.30. The number of aromatic hydroxyl groups is 1. The van der Waals surface area contributed by atoms with E-state index in [2.05, 4.69) is 26.0 Å². The van der Waals surface area contributed by atoms with Crippen molar-refractivity contribution in [2.75, 3.05) is 0 Å². The Morgan fingerprint density at radius 3 is 2.79 bits per heavy atom. The second-order valence-corrected chi connectivity index (χ2v) is 3.86. The lowest BCUT2D eigenvalue weighted by Crippen LogP contribution is -2.12. The smallest absolute Gasteiger partial charge is 0.257 e. The Balaban J connectivity index is 3.05. The summed E-state index contributed by atoms with van der Waals surface area (Å²) in [6, 6.07) is 0. The molecule has 6 heteroatoms. The van der Waals surface area contributed by atoms with Gasteiger partial charge in [-0.05, 0) is 29.8 Å². The molecule has 0 amide bonds. The lowest BCUT2D eigenvalue weighted by Gasteiger charge is -1.99. The summed E-state index contributed by atoms with van der Waals surface area (Å²) in [7, 11) is 0. The van der Waals surface area contributed by atoms with Crippen LogP contribution in [0.2, 0.25) is 0 Å². The van der Waals surface area contributed by atoms with Crippen molar-refractivity contribution in [2.24, 2.45) is 0 Å². The van der Waals surface area contributed by atoms with Crippen molar-refractivity contribution in [3.8, 4) is 5.88 Å². The van der Waals surface area contributed by atoms with Crippen molar-refractivity contribution in [3.05, 3.63) is 26.1 Å². The molecule has 0 bridgehead atoms. The average molecular weight is 258 g/mol. The lowest BCUT2D eigenvalue weighted by molar-refractivity contribution is 0.429. The van der Waals surface area contributed by atoms with Crippen molar-refractivity contribution in [1.29, 1.82) is 0 Å². The summed E-state index contributed by atoms with van der Waals surface area (Å²) in [5, 5.41) is 13.7. The molecular formula is C8H8BrN3O2. The number of halogens is 1. The summed E-state index contributed by atoms with van der Waals surface area (Å²) < 4.78 is 1.99. The Kier molecular flexibility index (Phi) is 1.88. The van der Waals surface area contributed by atoms with Crippen molar-refractivity contribution >= 4 is 21.6 Å². The number of H-pyrrole nitrogens is 1. The summed E-state index contributed by atoms with van der Waals surface area (Å²) in [4.78, 5) is 14.0. The summed E-state index contributed by atoms with van der Waals surface area (Å²) >= 11 is 3.28. The number of aromatic amines is 1. The molecule has 0 aromatic carbocycles. The zero-order valence-corrected chi connectivity index (χ0v) is 9.21. The maximum atomic E-state index is 11.3. The van der Waals surface area contributed by atoms with Gasteiger partial charge in [-0.3, -0.25) is 4.79 Å². The van der Waals surface area contributed by atoms with Crippen LogP contribution < -0.4 is 5.56 Å². The van der Waals surface area contributed by atoms with E-state index in [1.54, 1.807) is 13.8 Å². The van der Waals surface area contributed by atoms with Crippen molar-refractivity contribution < 1.29 is 5.11 Å². The number of nitrogens with zero attached hydrogens (tertiary/aromatic N) is 2. The number of fused-ring (bicyclic) bond motifs is 1. The highest BCUT2D eigenvalue weighted by atomic mass is 79.9. The van der Waals surface area contributed by atoms with Crippen LogP contribution in [0.3, 0.4) is 0 Å². The van der Waals surface area contributed by atoms with E-state index in [4.69, 9.17) is 0 Å². The second kappa shape index (κ2) is 2.84. The fourth-order valence-electron chi connectivity index (χ4n) is 1.23. The van der Waals surface area contributed by atoms with Gasteiger partial charge in [-0.1, -0.05) is 0 Å². The molecule has 2 aromatic heterocycles. The molecule has 0 atom stereocenters. The highest BCUT2D eigenvalue weighted by Crippen LogP contribution is 2.23. The summed E-state index contributed by atoms with van der Waals surface area (Å²) in [5.74, 6) is -0.127. The molecule has 0 unspecified atom stereocenters. The van der Waals surface area contributed by atoms with Gasteiger partial charge >= 0.3 is 0 Å². The van der Waals surface area contributed by atoms with Gasteiger partial charge < -0.3 is 10.1 Å². The van der Waals surface area contributed by atoms with E-state index in [0.717, 1.165) is 0 Å². The van der Waals surface area contributed by atoms with Gasteiger partial charge in [0.05, 0.1) is 15.7 Å². The van der Waals surface area contributed by atoms with Crippen molar-refractivity contribution in [2.45, 2.75) is 13.8 Å². The number of aryl methyl sites for hydroxylation is 1. The summed E-state index contributed by atoms with van der Waals surface area (Å²) in [6.07, 6.45) is 0. The zero-order valence-electron chi connectivity index (χ0n) is 7.63. The van der Waals surface area contributed by atoms with E-state index in [0.29, 0.717) is 15.8 Å². The molecule has 5 nitrogen and oxygen atoms in total. The van der Waals surface area contributed by atoms with E-state index in [9.17, 15) is 9.90 Å². The molecule has 0 aliphatic rings. The largest absolute Gasteiger partial charge is 0.493 e. The van der Waals surface area contributed by atoms with Crippen molar-refractivity contribution in [3.63, 3.8) is 0 Å². The SMILES string of the molecule is Cc1nn2c(O)c(C)c(=O)[nH]c2c1Br. The molecule has 2 rings (SSSR count). The molecule has 2 heterocycles. The van der Waals surface area contributed by atoms with E-state index >= 15 is 0 Å². The van der Waals surface area contributed by atoms with Gasteiger partial charge in [0.15, 0.2) is 5.65 Å². The molecule has 0 aliphatic heterocycles. The Bertz CT molecular complexity index is 570. The molecule has 2 aromatic rings. The normalized spacial score (nSPS) is 11.1. The molecule has 0 radical (unpaired) electrons. The standard InChI is InChI=1S/C8H8BrN3O2/c1-3-7(13)10-6-5(9)4(2)11-12(6)8(3)14/h14H,1-2H3,(H,10,13). The zero-order chi connectivity index (χ0) is 10.5. The third-order valence-electron chi connectivity index (χ3n) is 2.10. The van der Waals surface area contributed by atoms with Gasteiger partial charge in [0.25, 0.3) is 5.56 Å². The van der Waals surface area contributed by atoms with Crippen LogP contribution in [0.15, 0.2) is 9.27 Å². The molecule has 2 N–H and O–H groups in total. The predicted octanol–water partition coefficient (Wildman–Crippen LogP) is 1.11. The highest BCUT2D eigenvalue weighted by molar-refractivity contribution is 9.10. The first-order chi connectivity index (χ1) is 6.52. The van der Waals surface area contributed by atoms with Crippen LogP contribution in [-0.4, -0.2) is 19.7 Å². The van der Waals surface area contributed by atoms with Crippen molar-refractivity contribution in [1.82, 2.24) is 14.6 Å². The Labute approximate surface area is 87.5 Å². The molecule has 0 saturated heterocycles. The molecule has 0 spiro atoms. The minimum absolute atomic E-state index is 0.127. The Morgan fingerprint density at radius 2 is 2.14 bits per heavy atom. The molecular weight excluding hydrogens is 250 g/mol. The van der Waals surface area contributed by atoms with E-state index < -0.39 is 0 Å². The van der Waals surface area contributed by atoms with Crippen LogP contribution >= 0.6 is 15.9 Å². The fraction of sp³-hybridized carbons (Fsp3) is 0.250. The molecule has 74 valence electrons. The molecule has 0 aliphatic carbocycles. The van der Waals surface area contributed by atoms with Crippen LogP contribution in [-0.2, 0) is 0 Å². The van der Waals surface area contributed by atoms with Gasteiger partial charge in [-0.15, -0.1) is 0 Å². The summed E-state index contributed by atoms with van der Waals surface area (Å²) in [5.41, 5.74) is 1.13. The van der Waals surface area contributed by atoms with Crippen LogP contribution in [0.25, 0.3) is 5.65 Å². The number of hydrogen-bond donors (Lipinski definition) is 2. The third-order valence-corrected chi connectivity index (χ3v) is 3.05. The van der Waals surface area contributed by atoms with E-state index in [-0.39, 0.29) is 17.0 Å². The van der Waals surface area contributed by atoms with Gasteiger partial charge in [0.1, 0.15) is 0 Å². The molecule has 14 heavy (non-hydrogen) atoms. The predicted molar refractivity (Wildman–Crippen MR) is 54.7 cm³/mol. The first kappa shape index (κ1) is 9.26. The van der Waals surface area contributed by atoms with Crippen LogP contribution in [0.4, 0.5) is 0 Å². The number of nitrogens with one attached hydrogen (secondary N) is 1. The van der Waals surface area contributed by atoms with E-state index in [1.165, 1.54) is 4.52 Å². The van der Waals surface area contributed by atoms with Crippen LogP contribution in [0, 0.1) is 13.8 Å². The molecule has 0 fully saturated rings. The second-order valence-electron chi connectivity index (χ2n) is 3.06. The number of aromatic nitrogens is 3. The first-order valence-electron chi connectivity index (χ1n) is 3.99. The quantitative estimate of drug-likeness (QED) is 0.743. The third kappa shape index (κ3) is 1.07. The minimum atomic E-state index is -0.310. The molecule has 0 saturated carbocycles. The van der Waals surface area contributed by atoms with Gasteiger partial charge in [-0.2, -0.15) is 9.61 Å². The van der Waals surface area contributed by atoms with E-state index in [1.807, 2.05) is 0 Å². The Morgan fingerprint density at radius 1 is 1.50 bits per heavy atom. The van der Waals surface area contributed by atoms with Gasteiger partial charge in [0.2, 0.25) is 5.88 Å².